The van der Waals surface area contributed by atoms with Crippen LogP contribution in [0.4, 0.5) is 5.69 Å². The van der Waals surface area contributed by atoms with E-state index in [2.05, 4.69) is 5.32 Å². The minimum atomic E-state index is -0.205. The van der Waals surface area contributed by atoms with Crippen molar-refractivity contribution in [1.29, 1.82) is 0 Å². The SMILES string of the molecule is CCOC(=O)CCc1csc(C[C@H]2S[C@H](c3cccc(OC)c3OC)c3cc(Cl)ccc3NC2=S)n1. The van der Waals surface area contributed by atoms with Crippen molar-refractivity contribution in [3.8, 4) is 11.5 Å². The second-order valence-corrected chi connectivity index (χ2v) is 11.2. The van der Waals surface area contributed by atoms with Gasteiger partial charge in [0.15, 0.2) is 11.5 Å². The maximum atomic E-state index is 11.7. The van der Waals surface area contributed by atoms with Gasteiger partial charge in [-0.2, -0.15) is 0 Å². The molecule has 190 valence electrons. The van der Waals surface area contributed by atoms with Gasteiger partial charge in [0.1, 0.15) is 0 Å². The number of thiocarbonyl (C=S) groups is 1. The van der Waals surface area contributed by atoms with Gasteiger partial charge in [-0.05, 0) is 36.8 Å². The van der Waals surface area contributed by atoms with Gasteiger partial charge < -0.3 is 19.5 Å². The molecule has 1 aliphatic rings. The number of rotatable bonds is 9. The lowest BCUT2D eigenvalue weighted by molar-refractivity contribution is -0.143. The molecule has 0 fully saturated rings. The Morgan fingerprint density at radius 2 is 2.03 bits per heavy atom. The van der Waals surface area contributed by atoms with Gasteiger partial charge in [-0.1, -0.05) is 36.0 Å². The number of aryl methyl sites for hydroxylation is 1. The number of carbonyl (C=O) groups excluding carboxylic acids is 1. The predicted octanol–water partition coefficient (Wildman–Crippen LogP) is 6.50. The largest absolute Gasteiger partial charge is 0.493 e. The van der Waals surface area contributed by atoms with E-state index in [9.17, 15) is 4.79 Å². The number of ether oxygens (including phenoxy) is 3. The molecule has 1 aliphatic heterocycles. The van der Waals surface area contributed by atoms with Crippen LogP contribution in [0.25, 0.3) is 0 Å². The van der Waals surface area contributed by atoms with Crippen molar-refractivity contribution in [3.63, 3.8) is 0 Å². The van der Waals surface area contributed by atoms with Crippen molar-refractivity contribution in [1.82, 2.24) is 4.98 Å². The normalized spacial score (nSPS) is 17.1. The maximum absolute atomic E-state index is 11.7. The summed E-state index contributed by atoms with van der Waals surface area (Å²) in [4.78, 5) is 17.2. The van der Waals surface area contributed by atoms with E-state index in [0.29, 0.717) is 42.4 Å². The molecule has 10 heteroatoms. The number of esters is 1. The molecule has 0 unspecified atom stereocenters. The number of thioether (sulfide) groups is 1. The van der Waals surface area contributed by atoms with Crippen LogP contribution in [0, 0.1) is 0 Å². The van der Waals surface area contributed by atoms with Gasteiger partial charge in [-0.15, -0.1) is 23.1 Å². The highest BCUT2D eigenvalue weighted by Crippen LogP contribution is 2.50. The Kier molecular flexibility index (Phi) is 9.11. The summed E-state index contributed by atoms with van der Waals surface area (Å²) >= 11 is 15.6. The molecule has 0 bridgehead atoms. The lowest BCUT2D eigenvalue weighted by Crippen LogP contribution is -2.24. The number of fused-ring (bicyclic) bond motifs is 1. The first-order valence-electron chi connectivity index (χ1n) is 11.5. The quantitative estimate of drug-likeness (QED) is 0.234. The van der Waals surface area contributed by atoms with E-state index in [0.717, 1.165) is 32.5 Å². The number of nitrogens with zero attached hydrogens (tertiary/aromatic N) is 1. The number of methoxy groups -OCH3 is 2. The molecular weight excluding hydrogens is 536 g/mol. The molecule has 1 aromatic heterocycles. The molecule has 0 spiro atoms. The number of halogens is 1. The minimum absolute atomic E-state index is 0.0452. The average molecular weight is 563 g/mol. The van der Waals surface area contributed by atoms with E-state index in [1.54, 1.807) is 44.2 Å². The van der Waals surface area contributed by atoms with Crippen molar-refractivity contribution in [2.45, 2.75) is 36.7 Å². The van der Waals surface area contributed by atoms with Gasteiger partial charge in [-0.3, -0.25) is 4.79 Å². The van der Waals surface area contributed by atoms with Crippen LogP contribution >= 0.6 is 46.9 Å². The van der Waals surface area contributed by atoms with Crippen molar-refractivity contribution >= 4 is 63.6 Å². The monoisotopic (exact) mass is 562 g/mol. The average Bonchev–Trinajstić information content (AvgIpc) is 3.28. The topological polar surface area (TPSA) is 69.7 Å². The van der Waals surface area contributed by atoms with E-state index in [-0.39, 0.29) is 16.5 Å². The second-order valence-electron chi connectivity index (χ2n) is 8.05. The summed E-state index contributed by atoms with van der Waals surface area (Å²) in [6, 6.07) is 11.7. The predicted molar refractivity (Wildman–Crippen MR) is 151 cm³/mol. The Hall–Kier alpha value is -2.33. The molecular formula is C26H27ClN2O4S3. The third kappa shape index (κ3) is 6.14. The Morgan fingerprint density at radius 3 is 2.78 bits per heavy atom. The fourth-order valence-corrected chi connectivity index (χ4v) is 7.02. The van der Waals surface area contributed by atoms with Crippen molar-refractivity contribution in [2.24, 2.45) is 0 Å². The number of para-hydroxylation sites is 1. The smallest absolute Gasteiger partial charge is 0.306 e. The first-order chi connectivity index (χ1) is 17.4. The fourth-order valence-electron chi connectivity index (χ4n) is 4.06. The summed E-state index contributed by atoms with van der Waals surface area (Å²) in [6.45, 7) is 2.19. The van der Waals surface area contributed by atoms with Crippen LogP contribution in [0.5, 0.6) is 11.5 Å². The van der Waals surface area contributed by atoms with E-state index in [4.69, 9.17) is 43.0 Å². The summed E-state index contributed by atoms with van der Waals surface area (Å²) in [5.74, 6) is 1.15. The molecule has 0 saturated heterocycles. The van der Waals surface area contributed by atoms with Crippen LogP contribution < -0.4 is 14.8 Å². The summed E-state index contributed by atoms with van der Waals surface area (Å²) in [5, 5.41) is 6.91. The molecule has 0 radical (unpaired) electrons. The third-order valence-electron chi connectivity index (χ3n) is 5.71. The fraction of sp³-hybridized carbons (Fsp3) is 0.346. The summed E-state index contributed by atoms with van der Waals surface area (Å²) in [7, 11) is 3.28. The molecule has 0 amide bonds. The number of aromatic nitrogens is 1. The van der Waals surface area contributed by atoms with E-state index >= 15 is 0 Å². The zero-order valence-electron chi connectivity index (χ0n) is 20.2. The van der Waals surface area contributed by atoms with Crippen LogP contribution in [0.15, 0.2) is 41.8 Å². The highest BCUT2D eigenvalue weighted by molar-refractivity contribution is 8.02. The zero-order chi connectivity index (χ0) is 25.7. The number of carbonyl (C=O) groups is 1. The van der Waals surface area contributed by atoms with Crippen molar-refractivity contribution in [2.75, 3.05) is 26.1 Å². The number of hydrogen-bond donors (Lipinski definition) is 1. The van der Waals surface area contributed by atoms with Gasteiger partial charge in [-0.25, -0.2) is 4.98 Å². The highest BCUT2D eigenvalue weighted by atomic mass is 35.5. The van der Waals surface area contributed by atoms with Crippen LogP contribution in [0.2, 0.25) is 5.02 Å². The third-order valence-corrected chi connectivity index (χ3v) is 8.91. The van der Waals surface area contributed by atoms with E-state index in [1.165, 1.54) is 0 Å². The molecule has 4 rings (SSSR count). The number of thiazole rings is 1. The number of nitrogens with one attached hydrogen (secondary N) is 1. The second kappa shape index (κ2) is 12.3. The molecule has 1 N–H and O–H groups in total. The van der Waals surface area contributed by atoms with Gasteiger partial charge in [0.05, 0.1) is 53.4 Å². The standard InChI is InChI=1S/C26H27ClN2O4S3/c1-4-33-23(30)11-9-16-14-35-22(28-16)13-21-26(34)29-19-10-8-15(27)12-18(19)25(36-21)17-6-5-7-20(31-2)24(17)32-3/h5-8,10,12,14,21,25H,4,9,11,13H2,1-3H3,(H,29,34)/t21-,25-/m1/s1. The Labute approximate surface area is 229 Å². The lowest BCUT2D eigenvalue weighted by atomic mass is 10.0. The first-order valence-corrected chi connectivity index (χ1v) is 14.1. The summed E-state index contributed by atoms with van der Waals surface area (Å²) < 4.78 is 16.4. The highest BCUT2D eigenvalue weighted by Gasteiger charge is 2.32. The number of benzene rings is 2. The molecule has 2 heterocycles. The minimum Gasteiger partial charge on any atom is -0.493 e. The van der Waals surface area contributed by atoms with Gasteiger partial charge in [0.25, 0.3) is 0 Å². The molecule has 0 aliphatic carbocycles. The zero-order valence-corrected chi connectivity index (χ0v) is 23.4. The Bertz CT molecular complexity index is 1250. The number of anilines is 1. The van der Waals surface area contributed by atoms with Gasteiger partial charge >= 0.3 is 5.97 Å². The summed E-state index contributed by atoms with van der Waals surface area (Å²) in [6.07, 6.45) is 1.54. The molecule has 2 atom stereocenters. The summed E-state index contributed by atoms with van der Waals surface area (Å²) in [5.41, 5.74) is 3.82. The van der Waals surface area contributed by atoms with Crippen molar-refractivity contribution in [3.05, 3.63) is 68.6 Å². The van der Waals surface area contributed by atoms with Crippen LogP contribution in [0.1, 0.15) is 40.4 Å². The lowest BCUT2D eigenvalue weighted by Gasteiger charge is -2.23. The Morgan fingerprint density at radius 1 is 1.19 bits per heavy atom. The first kappa shape index (κ1) is 26.7. The van der Waals surface area contributed by atoms with Crippen molar-refractivity contribution < 1.29 is 19.0 Å². The van der Waals surface area contributed by atoms with E-state index in [1.807, 2.05) is 41.8 Å². The van der Waals surface area contributed by atoms with Gasteiger partial charge in [0, 0.05) is 34.5 Å². The molecule has 6 nitrogen and oxygen atoms in total. The van der Waals surface area contributed by atoms with Crippen LogP contribution in [-0.4, -0.2) is 42.0 Å². The van der Waals surface area contributed by atoms with E-state index < -0.39 is 0 Å². The molecule has 3 aromatic rings. The Balaban J connectivity index is 1.63. The van der Waals surface area contributed by atoms with Gasteiger partial charge in [0.2, 0.25) is 0 Å². The molecule has 36 heavy (non-hydrogen) atoms. The number of hydrogen-bond acceptors (Lipinski definition) is 8. The maximum Gasteiger partial charge on any atom is 0.306 e. The van der Waals surface area contributed by atoms with Crippen LogP contribution in [0.3, 0.4) is 0 Å². The molecule has 2 aromatic carbocycles. The van der Waals surface area contributed by atoms with Crippen LogP contribution in [-0.2, 0) is 22.4 Å². The molecule has 0 saturated carbocycles.